The Morgan fingerprint density at radius 3 is 2.38 bits per heavy atom. The molecule has 0 fully saturated rings. The Balaban J connectivity index is 1.84. The molecule has 2 rings (SSSR count). The molecule has 0 aliphatic rings. The molecule has 26 heavy (non-hydrogen) atoms. The van der Waals surface area contributed by atoms with Crippen molar-refractivity contribution in [1.29, 1.82) is 0 Å². The zero-order valence-electron chi connectivity index (χ0n) is 15.0. The molecule has 5 nitrogen and oxygen atoms in total. The molecule has 0 radical (unpaired) electrons. The van der Waals surface area contributed by atoms with Crippen LogP contribution in [-0.4, -0.2) is 36.9 Å². The maximum Gasteiger partial charge on any atom is 0.226 e. The molecular weight excluding hydrogens is 352 g/mol. The standard InChI is InChI=1S/C20H23ClN2O3/c1-15(24)23(13-11-16-7-9-17(26-2)10-8-16)14-12-20(25)22-19-6-4-3-5-18(19)21/h3-10H,11-14H2,1-2H3,(H,22,25). The number of nitrogens with one attached hydrogen (secondary N) is 1. The van der Waals surface area contributed by atoms with Crippen molar-refractivity contribution in [2.45, 2.75) is 19.8 Å². The van der Waals surface area contributed by atoms with Gasteiger partial charge in [-0.25, -0.2) is 0 Å². The van der Waals surface area contributed by atoms with Crippen molar-refractivity contribution in [2.75, 3.05) is 25.5 Å². The quantitative estimate of drug-likeness (QED) is 0.765. The van der Waals surface area contributed by atoms with E-state index in [1.807, 2.05) is 24.3 Å². The fraction of sp³-hybridized carbons (Fsp3) is 0.300. The Bertz CT molecular complexity index is 747. The molecule has 2 aromatic carbocycles. The van der Waals surface area contributed by atoms with Gasteiger partial charge in [0.1, 0.15) is 5.75 Å². The third-order valence-electron chi connectivity index (χ3n) is 4.03. The molecule has 2 aromatic rings. The number of hydrogen-bond acceptors (Lipinski definition) is 3. The minimum atomic E-state index is -0.172. The monoisotopic (exact) mass is 374 g/mol. The third kappa shape index (κ3) is 6.08. The van der Waals surface area contributed by atoms with Gasteiger partial charge in [0.15, 0.2) is 0 Å². The number of halogens is 1. The van der Waals surface area contributed by atoms with Crippen LogP contribution in [0.5, 0.6) is 5.75 Å². The molecule has 0 spiro atoms. The van der Waals surface area contributed by atoms with Crippen molar-refractivity contribution < 1.29 is 14.3 Å². The summed E-state index contributed by atoms with van der Waals surface area (Å²) in [5.41, 5.74) is 1.68. The maximum atomic E-state index is 12.1. The van der Waals surface area contributed by atoms with Crippen molar-refractivity contribution in [3.63, 3.8) is 0 Å². The zero-order chi connectivity index (χ0) is 18.9. The van der Waals surface area contributed by atoms with E-state index >= 15 is 0 Å². The molecule has 1 N–H and O–H groups in total. The predicted molar refractivity (Wildman–Crippen MR) is 104 cm³/mol. The van der Waals surface area contributed by atoms with Gasteiger partial charge in [0.05, 0.1) is 17.8 Å². The lowest BCUT2D eigenvalue weighted by molar-refractivity contribution is -0.129. The van der Waals surface area contributed by atoms with Crippen LogP contribution in [-0.2, 0) is 16.0 Å². The minimum absolute atomic E-state index is 0.0518. The molecule has 0 atom stereocenters. The third-order valence-corrected chi connectivity index (χ3v) is 4.36. The van der Waals surface area contributed by atoms with Gasteiger partial charge < -0.3 is 15.0 Å². The maximum absolute atomic E-state index is 12.1. The Labute approximate surface area is 158 Å². The largest absolute Gasteiger partial charge is 0.497 e. The Hall–Kier alpha value is -2.53. The molecule has 0 aromatic heterocycles. The predicted octanol–water partition coefficient (Wildman–Crippen LogP) is 3.77. The topological polar surface area (TPSA) is 58.6 Å². The summed E-state index contributed by atoms with van der Waals surface area (Å²) in [5.74, 6) is 0.575. The highest BCUT2D eigenvalue weighted by molar-refractivity contribution is 6.33. The lowest BCUT2D eigenvalue weighted by atomic mass is 10.1. The van der Waals surface area contributed by atoms with Gasteiger partial charge in [-0.2, -0.15) is 0 Å². The Morgan fingerprint density at radius 1 is 1.08 bits per heavy atom. The Kier molecular flexibility index (Phi) is 7.48. The van der Waals surface area contributed by atoms with Crippen molar-refractivity contribution in [1.82, 2.24) is 4.90 Å². The smallest absolute Gasteiger partial charge is 0.226 e. The molecule has 6 heteroatoms. The van der Waals surface area contributed by atoms with Gasteiger partial charge in [0.2, 0.25) is 11.8 Å². The average Bonchev–Trinajstić information content (AvgIpc) is 2.63. The van der Waals surface area contributed by atoms with Gasteiger partial charge in [-0.05, 0) is 36.2 Å². The highest BCUT2D eigenvalue weighted by atomic mass is 35.5. The highest BCUT2D eigenvalue weighted by Gasteiger charge is 2.12. The lowest BCUT2D eigenvalue weighted by Gasteiger charge is -2.21. The van der Waals surface area contributed by atoms with Crippen LogP contribution < -0.4 is 10.1 Å². The number of ether oxygens (including phenoxy) is 1. The summed E-state index contributed by atoms with van der Waals surface area (Å²) in [5, 5.41) is 3.26. The lowest BCUT2D eigenvalue weighted by Crippen LogP contribution is -2.33. The second-order valence-corrected chi connectivity index (χ2v) is 6.29. The van der Waals surface area contributed by atoms with Crippen LogP contribution in [0.1, 0.15) is 18.9 Å². The van der Waals surface area contributed by atoms with Crippen molar-refractivity contribution in [2.24, 2.45) is 0 Å². The van der Waals surface area contributed by atoms with E-state index in [9.17, 15) is 9.59 Å². The number of methoxy groups -OCH3 is 1. The first-order valence-electron chi connectivity index (χ1n) is 8.42. The summed E-state index contributed by atoms with van der Waals surface area (Å²) >= 11 is 6.03. The first-order valence-corrected chi connectivity index (χ1v) is 8.80. The molecule has 0 unspecified atom stereocenters. The van der Waals surface area contributed by atoms with E-state index in [2.05, 4.69) is 5.32 Å². The Morgan fingerprint density at radius 2 is 1.77 bits per heavy atom. The number of para-hydroxylation sites is 1. The van der Waals surface area contributed by atoms with Crippen LogP contribution in [0.25, 0.3) is 0 Å². The summed E-state index contributed by atoms with van der Waals surface area (Å²) in [4.78, 5) is 25.6. The van der Waals surface area contributed by atoms with E-state index in [1.165, 1.54) is 6.92 Å². The van der Waals surface area contributed by atoms with E-state index < -0.39 is 0 Å². The number of hydrogen-bond donors (Lipinski definition) is 1. The number of carbonyl (C=O) groups excluding carboxylic acids is 2. The second-order valence-electron chi connectivity index (χ2n) is 5.88. The van der Waals surface area contributed by atoms with Gasteiger partial charge >= 0.3 is 0 Å². The number of amides is 2. The summed E-state index contributed by atoms with van der Waals surface area (Å²) in [7, 11) is 1.63. The molecule has 0 saturated carbocycles. The first kappa shape index (κ1) is 19.8. The van der Waals surface area contributed by atoms with Crippen molar-refractivity contribution in [3.8, 4) is 5.75 Å². The molecule has 0 aliphatic heterocycles. The van der Waals surface area contributed by atoms with Crippen LogP contribution in [0, 0.1) is 0 Å². The van der Waals surface area contributed by atoms with Gasteiger partial charge in [-0.3, -0.25) is 9.59 Å². The van der Waals surface area contributed by atoms with Gasteiger partial charge in [0, 0.05) is 26.4 Å². The highest BCUT2D eigenvalue weighted by Crippen LogP contribution is 2.20. The van der Waals surface area contributed by atoms with Gasteiger partial charge in [-0.15, -0.1) is 0 Å². The molecule has 2 amide bonds. The van der Waals surface area contributed by atoms with Crippen LogP contribution in [0.4, 0.5) is 5.69 Å². The van der Waals surface area contributed by atoms with Crippen LogP contribution in [0.2, 0.25) is 5.02 Å². The second kappa shape index (κ2) is 9.82. The van der Waals surface area contributed by atoms with E-state index in [4.69, 9.17) is 16.3 Å². The van der Waals surface area contributed by atoms with E-state index in [0.717, 1.165) is 17.7 Å². The van der Waals surface area contributed by atoms with Crippen molar-refractivity contribution >= 4 is 29.1 Å². The fourth-order valence-electron chi connectivity index (χ4n) is 2.49. The normalized spacial score (nSPS) is 10.3. The number of rotatable bonds is 8. The SMILES string of the molecule is COc1ccc(CCN(CCC(=O)Nc2ccccc2Cl)C(C)=O)cc1. The number of anilines is 1. The van der Waals surface area contributed by atoms with E-state index in [0.29, 0.717) is 23.8 Å². The van der Waals surface area contributed by atoms with Crippen LogP contribution in [0.3, 0.4) is 0 Å². The summed E-state index contributed by atoms with van der Waals surface area (Å²) < 4.78 is 5.14. The average molecular weight is 375 g/mol. The van der Waals surface area contributed by atoms with Crippen molar-refractivity contribution in [3.05, 3.63) is 59.1 Å². The van der Waals surface area contributed by atoms with E-state index in [-0.39, 0.29) is 18.2 Å². The van der Waals surface area contributed by atoms with Crippen LogP contribution >= 0.6 is 11.6 Å². The van der Waals surface area contributed by atoms with E-state index in [1.54, 1.807) is 36.3 Å². The summed E-state index contributed by atoms with van der Waals surface area (Å²) in [6.07, 6.45) is 0.934. The van der Waals surface area contributed by atoms with Crippen LogP contribution in [0.15, 0.2) is 48.5 Å². The summed E-state index contributed by atoms with van der Waals surface area (Å²) in [6.45, 7) is 2.43. The number of benzene rings is 2. The number of nitrogens with zero attached hydrogens (tertiary/aromatic N) is 1. The first-order chi connectivity index (χ1) is 12.5. The van der Waals surface area contributed by atoms with Gasteiger partial charge in [-0.1, -0.05) is 35.9 Å². The zero-order valence-corrected chi connectivity index (χ0v) is 15.8. The molecule has 0 aliphatic carbocycles. The molecule has 0 saturated heterocycles. The minimum Gasteiger partial charge on any atom is -0.497 e. The molecule has 138 valence electrons. The molecular formula is C20H23ClN2O3. The summed E-state index contributed by atoms with van der Waals surface area (Å²) in [6, 6.07) is 14.8. The fourth-order valence-corrected chi connectivity index (χ4v) is 2.68. The van der Waals surface area contributed by atoms with Gasteiger partial charge in [0.25, 0.3) is 0 Å². The number of carbonyl (C=O) groups is 2. The molecule has 0 heterocycles. The molecule has 0 bridgehead atoms.